The van der Waals surface area contributed by atoms with Crippen molar-refractivity contribution in [1.29, 1.82) is 0 Å². The number of halogens is 1. The second-order valence-corrected chi connectivity index (χ2v) is 5.97. The molecule has 1 amide bonds. The molecule has 0 fully saturated rings. The molecule has 0 saturated carbocycles. The van der Waals surface area contributed by atoms with E-state index in [0.717, 1.165) is 11.2 Å². The third-order valence-electron chi connectivity index (χ3n) is 4.02. The van der Waals surface area contributed by atoms with Gasteiger partial charge in [0.05, 0.1) is 0 Å². The van der Waals surface area contributed by atoms with Gasteiger partial charge in [-0.1, -0.05) is 18.2 Å². The number of fused-ring (bicyclic) bond motifs is 1. The van der Waals surface area contributed by atoms with Crippen molar-refractivity contribution in [3.05, 3.63) is 96.2 Å². The Hall–Kier alpha value is -3.67. The molecule has 4 rings (SSSR count). The molecule has 0 unspecified atom stereocenters. The lowest BCUT2D eigenvalue weighted by molar-refractivity contribution is 0.0946. The van der Waals surface area contributed by atoms with E-state index in [0.29, 0.717) is 23.7 Å². The number of carbonyl (C=O) groups is 1. The van der Waals surface area contributed by atoms with Crippen LogP contribution in [0.15, 0.2) is 79.1 Å². The van der Waals surface area contributed by atoms with Crippen LogP contribution in [0.4, 0.5) is 4.39 Å². The summed E-state index contributed by atoms with van der Waals surface area (Å²) in [6, 6.07) is 18.8. The Morgan fingerprint density at radius 1 is 1.00 bits per heavy atom. The van der Waals surface area contributed by atoms with E-state index >= 15 is 0 Å². The van der Waals surface area contributed by atoms with E-state index in [-0.39, 0.29) is 11.7 Å². The minimum Gasteiger partial charge on any atom is -0.457 e. The Morgan fingerprint density at radius 2 is 1.70 bits per heavy atom. The smallest absolute Gasteiger partial charge is 0.271 e. The van der Waals surface area contributed by atoms with Crippen LogP contribution in [0.25, 0.3) is 5.65 Å². The Kier molecular flexibility index (Phi) is 4.53. The molecule has 27 heavy (non-hydrogen) atoms. The molecule has 4 aromatic rings. The summed E-state index contributed by atoms with van der Waals surface area (Å²) in [4.78, 5) is 16.6. The summed E-state index contributed by atoms with van der Waals surface area (Å²) in [7, 11) is 0. The second-order valence-electron chi connectivity index (χ2n) is 5.97. The van der Waals surface area contributed by atoms with Crippen LogP contribution in [0.2, 0.25) is 0 Å². The summed E-state index contributed by atoms with van der Waals surface area (Å²) >= 11 is 0. The molecule has 2 aromatic heterocycles. The highest BCUT2D eigenvalue weighted by Crippen LogP contribution is 2.21. The van der Waals surface area contributed by atoms with Gasteiger partial charge in [-0.05, 0) is 54.1 Å². The topological polar surface area (TPSA) is 55.6 Å². The van der Waals surface area contributed by atoms with Crippen molar-refractivity contribution in [2.45, 2.75) is 6.54 Å². The summed E-state index contributed by atoms with van der Waals surface area (Å²) in [6.07, 6.45) is 3.54. The zero-order valence-corrected chi connectivity index (χ0v) is 14.3. The number of imidazole rings is 1. The number of hydrogen-bond acceptors (Lipinski definition) is 3. The largest absolute Gasteiger partial charge is 0.457 e. The molecule has 0 radical (unpaired) electrons. The maximum Gasteiger partial charge on any atom is 0.271 e. The molecular weight excluding hydrogens is 345 g/mol. The Labute approximate surface area is 155 Å². The molecule has 134 valence electrons. The fraction of sp³-hybridized carbons (Fsp3) is 0.0476. The van der Waals surface area contributed by atoms with Crippen molar-refractivity contribution in [2.24, 2.45) is 0 Å². The average molecular weight is 361 g/mol. The molecule has 5 nitrogen and oxygen atoms in total. The van der Waals surface area contributed by atoms with Gasteiger partial charge in [0.1, 0.15) is 28.7 Å². The van der Waals surface area contributed by atoms with Gasteiger partial charge in [0.15, 0.2) is 0 Å². The van der Waals surface area contributed by atoms with E-state index in [2.05, 4.69) is 10.3 Å². The standard InChI is InChI=1S/C21H16FN3O2/c22-16-6-10-18(11-7-16)27-17-8-4-15(5-9-17)13-23-21(26)19-14-25-12-2-1-3-20(25)24-19/h1-12,14H,13H2,(H,23,26). The van der Waals surface area contributed by atoms with Gasteiger partial charge >= 0.3 is 0 Å². The van der Waals surface area contributed by atoms with Gasteiger partial charge < -0.3 is 14.5 Å². The number of rotatable bonds is 5. The minimum atomic E-state index is -0.306. The summed E-state index contributed by atoms with van der Waals surface area (Å²) in [5.74, 6) is 0.658. The van der Waals surface area contributed by atoms with Crippen LogP contribution in [0.3, 0.4) is 0 Å². The monoisotopic (exact) mass is 361 g/mol. The summed E-state index contributed by atoms with van der Waals surface area (Å²) in [5, 5.41) is 2.85. The predicted octanol–water partition coefficient (Wildman–Crippen LogP) is 4.20. The van der Waals surface area contributed by atoms with E-state index in [4.69, 9.17) is 4.74 Å². The first-order valence-electron chi connectivity index (χ1n) is 8.42. The summed E-state index contributed by atoms with van der Waals surface area (Å²) in [5.41, 5.74) is 2.03. The predicted molar refractivity (Wildman–Crippen MR) is 99.3 cm³/mol. The molecule has 1 N–H and O–H groups in total. The first-order valence-corrected chi connectivity index (χ1v) is 8.42. The zero-order valence-electron chi connectivity index (χ0n) is 14.3. The first kappa shape index (κ1) is 16.8. The fourth-order valence-electron chi connectivity index (χ4n) is 2.63. The van der Waals surface area contributed by atoms with Crippen molar-refractivity contribution in [2.75, 3.05) is 0 Å². The van der Waals surface area contributed by atoms with Crippen LogP contribution in [-0.4, -0.2) is 15.3 Å². The molecule has 0 atom stereocenters. The number of pyridine rings is 1. The van der Waals surface area contributed by atoms with E-state index in [1.807, 2.05) is 36.5 Å². The number of benzene rings is 2. The van der Waals surface area contributed by atoms with Gasteiger partial charge in [0.25, 0.3) is 5.91 Å². The molecule has 0 aliphatic rings. The van der Waals surface area contributed by atoms with Gasteiger partial charge in [0.2, 0.25) is 0 Å². The van der Waals surface area contributed by atoms with E-state index < -0.39 is 0 Å². The molecule has 0 bridgehead atoms. The van der Waals surface area contributed by atoms with Gasteiger partial charge in [0, 0.05) is 18.9 Å². The van der Waals surface area contributed by atoms with Gasteiger partial charge in [-0.2, -0.15) is 0 Å². The van der Waals surface area contributed by atoms with Crippen LogP contribution >= 0.6 is 0 Å². The van der Waals surface area contributed by atoms with Crippen LogP contribution in [0, 0.1) is 5.82 Å². The maximum atomic E-state index is 12.9. The Bertz CT molecular complexity index is 1040. The first-order chi connectivity index (χ1) is 13.2. The van der Waals surface area contributed by atoms with E-state index in [1.165, 1.54) is 12.1 Å². The summed E-state index contributed by atoms with van der Waals surface area (Å²) in [6.45, 7) is 0.379. The zero-order chi connectivity index (χ0) is 18.6. The van der Waals surface area contributed by atoms with Gasteiger partial charge in [-0.25, -0.2) is 9.37 Å². The average Bonchev–Trinajstić information content (AvgIpc) is 3.13. The fourth-order valence-corrected chi connectivity index (χ4v) is 2.63. The van der Waals surface area contributed by atoms with Crippen LogP contribution < -0.4 is 10.1 Å². The number of amides is 1. The number of hydrogen-bond donors (Lipinski definition) is 1. The quantitative estimate of drug-likeness (QED) is 0.580. The van der Waals surface area contributed by atoms with Crippen LogP contribution in [0.1, 0.15) is 16.1 Å². The van der Waals surface area contributed by atoms with Crippen molar-refractivity contribution < 1.29 is 13.9 Å². The van der Waals surface area contributed by atoms with Crippen molar-refractivity contribution >= 4 is 11.6 Å². The highest BCUT2D eigenvalue weighted by molar-refractivity contribution is 5.92. The SMILES string of the molecule is O=C(NCc1ccc(Oc2ccc(F)cc2)cc1)c1cn2ccccc2n1. The molecule has 0 saturated heterocycles. The summed E-state index contributed by atoms with van der Waals surface area (Å²) < 4.78 is 20.4. The van der Waals surface area contributed by atoms with E-state index in [9.17, 15) is 9.18 Å². The molecule has 6 heteroatoms. The second kappa shape index (κ2) is 7.29. The Balaban J connectivity index is 1.36. The van der Waals surface area contributed by atoms with E-state index in [1.54, 1.807) is 34.9 Å². The van der Waals surface area contributed by atoms with Crippen molar-refractivity contribution in [3.8, 4) is 11.5 Å². The number of aromatic nitrogens is 2. The highest BCUT2D eigenvalue weighted by Gasteiger charge is 2.10. The lowest BCUT2D eigenvalue weighted by Gasteiger charge is -2.07. The number of nitrogens with one attached hydrogen (secondary N) is 1. The molecule has 0 spiro atoms. The van der Waals surface area contributed by atoms with Crippen molar-refractivity contribution in [3.63, 3.8) is 0 Å². The lowest BCUT2D eigenvalue weighted by Crippen LogP contribution is -2.23. The van der Waals surface area contributed by atoms with Crippen LogP contribution in [0.5, 0.6) is 11.5 Å². The maximum absolute atomic E-state index is 12.9. The Morgan fingerprint density at radius 3 is 2.41 bits per heavy atom. The van der Waals surface area contributed by atoms with Crippen molar-refractivity contribution in [1.82, 2.24) is 14.7 Å². The third kappa shape index (κ3) is 3.95. The molecule has 2 heterocycles. The molecule has 2 aromatic carbocycles. The van der Waals surface area contributed by atoms with Gasteiger partial charge in [-0.3, -0.25) is 4.79 Å². The third-order valence-corrected chi connectivity index (χ3v) is 4.02. The number of nitrogens with zero attached hydrogens (tertiary/aromatic N) is 2. The minimum absolute atomic E-state index is 0.231. The lowest BCUT2D eigenvalue weighted by atomic mass is 10.2. The normalized spacial score (nSPS) is 10.7. The molecular formula is C21H16FN3O2. The van der Waals surface area contributed by atoms with Crippen LogP contribution in [-0.2, 0) is 6.54 Å². The molecule has 0 aliphatic carbocycles. The molecule has 0 aliphatic heterocycles. The number of carbonyl (C=O) groups excluding carboxylic acids is 1. The number of ether oxygens (including phenoxy) is 1. The van der Waals surface area contributed by atoms with Gasteiger partial charge in [-0.15, -0.1) is 0 Å². The highest BCUT2D eigenvalue weighted by atomic mass is 19.1.